The Bertz CT molecular complexity index is 1200. The van der Waals surface area contributed by atoms with Gasteiger partial charge >= 0.3 is 0 Å². The molecule has 0 bridgehead atoms. The number of amides is 1. The van der Waals surface area contributed by atoms with Crippen molar-refractivity contribution in [3.63, 3.8) is 0 Å². The van der Waals surface area contributed by atoms with Crippen LogP contribution >= 0.6 is 11.6 Å². The summed E-state index contributed by atoms with van der Waals surface area (Å²) < 4.78 is 15.0. The molecule has 8 heteroatoms. The number of carbonyl (C=O) groups is 1. The normalized spacial score (nSPS) is 10.9. The highest BCUT2D eigenvalue weighted by molar-refractivity contribution is 6.32. The molecule has 0 radical (unpaired) electrons. The first kappa shape index (κ1) is 20.8. The van der Waals surface area contributed by atoms with Crippen molar-refractivity contribution in [3.8, 4) is 16.9 Å². The molecule has 0 fully saturated rings. The summed E-state index contributed by atoms with van der Waals surface area (Å²) in [5.74, 6) is -0.449. The highest BCUT2D eigenvalue weighted by Gasteiger charge is 2.16. The minimum absolute atomic E-state index is 0.157. The van der Waals surface area contributed by atoms with Crippen molar-refractivity contribution >= 4 is 17.5 Å². The van der Waals surface area contributed by atoms with Crippen LogP contribution in [-0.4, -0.2) is 44.4 Å². The lowest BCUT2D eigenvalue weighted by Gasteiger charge is -2.15. The van der Waals surface area contributed by atoms with Crippen LogP contribution in [0.4, 0.5) is 4.39 Å². The maximum atomic E-state index is 13.4. The molecular formula is C23H21ClFN5O. The molecule has 1 N–H and O–H groups in total. The summed E-state index contributed by atoms with van der Waals surface area (Å²) in [6, 6.07) is 17.3. The van der Waals surface area contributed by atoms with Gasteiger partial charge in [-0.2, -0.15) is 10.2 Å². The standard InChI is InChI=1S/C23H21ClFN5O/c1-29(23(31)20-11-13-30(28-20)22-10-3-2-9-19(22)24)12-5-8-18-15-21(27-26-18)16-6-4-7-17(25)14-16/h2-4,6-7,9-11,13-15H,5,8,12H2,1H3,(H,26,27). The van der Waals surface area contributed by atoms with Crippen LogP contribution in [0.25, 0.3) is 16.9 Å². The number of nitrogens with zero attached hydrogens (tertiary/aromatic N) is 4. The molecule has 2 heterocycles. The van der Waals surface area contributed by atoms with Crippen molar-refractivity contribution in [1.82, 2.24) is 24.9 Å². The summed E-state index contributed by atoms with van der Waals surface area (Å²) in [4.78, 5) is 14.3. The molecule has 0 saturated carbocycles. The highest BCUT2D eigenvalue weighted by atomic mass is 35.5. The van der Waals surface area contributed by atoms with Crippen molar-refractivity contribution in [3.05, 3.63) is 89.1 Å². The lowest BCUT2D eigenvalue weighted by atomic mass is 10.1. The molecule has 0 spiro atoms. The number of carbonyl (C=O) groups excluding carboxylic acids is 1. The van der Waals surface area contributed by atoms with Crippen LogP contribution in [0.2, 0.25) is 5.02 Å². The minimum atomic E-state index is -0.292. The topological polar surface area (TPSA) is 66.8 Å². The van der Waals surface area contributed by atoms with E-state index in [1.54, 1.807) is 41.0 Å². The lowest BCUT2D eigenvalue weighted by molar-refractivity contribution is 0.0787. The predicted molar refractivity (Wildman–Crippen MR) is 118 cm³/mol. The Labute approximate surface area is 184 Å². The zero-order chi connectivity index (χ0) is 21.8. The van der Waals surface area contributed by atoms with Crippen LogP contribution < -0.4 is 0 Å². The van der Waals surface area contributed by atoms with Crippen molar-refractivity contribution in [2.45, 2.75) is 12.8 Å². The molecule has 0 aliphatic heterocycles. The van der Waals surface area contributed by atoms with Gasteiger partial charge in [0.05, 0.1) is 16.4 Å². The summed E-state index contributed by atoms with van der Waals surface area (Å²) in [5, 5.41) is 12.2. The number of hydrogen-bond donors (Lipinski definition) is 1. The number of halogens is 2. The quantitative estimate of drug-likeness (QED) is 0.453. The van der Waals surface area contributed by atoms with Crippen LogP contribution in [0.15, 0.2) is 66.9 Å². The van der Waals surface area contributed by atoms with Crippen LogP contribution in [0, 0.1) is 5.82 Å². The van der Waals surface area contributed by atoms with E-state index < -0.39 is 0 Å². The smallest absolute Gasteiger partial charge is 0.274 e. The van der Waals surface area contributed by atoms with E-state index in [-0.39, 0.29) is 11.7 Å². The average Bonchev–Trinajstić information content (AvgIpc) is 3.43. The van der Waals surface area contributed by atoms with E-state index in [4.69, 9.17) is 11.6 Å². The Morgan fingerprint density at radius 3 is 2.81 bits per heavy atom. The third-order valence-electron chi connectivity index (χ3n) is 4.95. The van der Waals surface area contributed by atoms with Gasteiger partial charge in [0.1, 0.15) is 5.82 Å². The number of para-hydroxylation sites is 1. The molecule has 0 aliphatic carbocycles. The second-order valence-corrected chi connectivity index (χ2v) is 7.62. The molecule has 4 rings (SSSR count). The molecule has 4 aromatic rings. The molecule has 1 amide bonds. The summed E-state index contributed by atoms with van der Waals surface area (Å²) >= 11 is 6.20. The Hall–Kier alpha value is -3.45. The van der Waals surface area contributed by atoms with Gasteiger partial charge in [0.25, 0.3) is 5.91 Å². The molecule has 0 aliphatic rings. The van der Waals surface area contributed by atoms with E-state index >= 15 is 0 Å². The summed E-state index contributed by atoms with van der Waals surface area (Å²) in [6.45, 7) is 0.562. The number of nitrogens with one attached hydrogen (secondary N) is 1. The highest BCUT2D eigenvalue weighted by Crippen LogP contribution is 2.20. The van der Waals surface area contributed by atoms with E-state index in [0.717, 1.165) is 23.4 Å². The van der Waals surface area contributed by atoms with Crippen molar-refractivity contribution in [2.75, 3.05) is 13.6 Å². The number of H-pyrrole nitrogens is 1. The second kappa shape index (κ2) is 9.14. The van der Waals surface area contributed by atoms with Crippen LogP contribution in [0.5, 0.6) is 0 Å². The first-order valence-electron chi connectivity index (χ1n) is 9.87. The van der Waals surface area contributed by atoms with E-state index in [0.29, 0.717) is 29.4 Å². The summed E-state index contributed by atoms with van der Waals surface area (Å²) in [6.07, 6.45) is 3.19. The number of aryl methyl sites for hydroxylation is 1. The SMILES string of the molecule is CN(CCCc1cc(-c2cccc(F)c2)n[nH]1)C(=O)c1ccn(-c2ccccc2Cl)n1. The maximum Gasteiger partial charge on any atom is 0.274 e. The van der Waals surface area contributed by atoms with E-state index in [9.17, 15) is 9.18 Å². The molecule has 0 unspecified atom stereocenters. The van der Waals surface area contributed by atoms with Gasteiger partial charge in [-0.1, -0.05) is 35.9 Å². The molecule has 0 saturated heterocycles. The fourth-order valence-electron chi connectivity index (χ4n) is 3.30. The minimum Gasteiger partial charge on any atom is -0.340 e. The Morgan fingerprint density at radius 2 is 2.00 bits per heavy atom. The van der Waals surface area contributed by atoms with Gasteiger partial charge in [-0.15, -0.1) is 0 Å². The number of benzene rings is 2. The van der Waals surface area contributed by atoms with E-state index in [2.05, 4.69) is 15.3 Å². The van der Waals surface area contributed by atoms with E-state index in [1.165, 1.54) is 12.1 Å². The van der Waals surface area contributed by atoms with Gasteiger partial charge < -0.3 is 4.90 Å². The molecule has 158 valence electrons. The van der Waals surface area contributed by atoms with Crippen molar-refractivity contribution in [1.29, 1.82) is 0 Å². The van der Waals surface area contributed by atoms with Crippen LogP contribution in [0.1, 0.15) is 22.6 Å². The monoisotopic (exact) mass is 437 g/mol. The summed E-state index contributed by atoms with van der Waals surface area (Å²) in [5.41, 5.74) is 3.44. The van der Waals surface area contributed by atoms with Crippen LogP contribution in [0.3, 0.4) is 0 Å². The van der Waals surface area contributed by atoms with Crippen LogP contribution in [-0.2, 0) is 6.42 Å². The second-order valence-electron chi connectivity index (χ2n) is 7.22. The number of hydrogen-bond acceptors (Lipinski definition) is 3. The Kier molecular flexibility index (Phi) is 6.13. The fraction of sp³-hybridized carbons (Fsp3) is 0.174. The zero-order valence-electron chi connectivity index (χ0n) is 16.9. The van der Waals surface area contributed by atoms with Crippen molar-refractivity contribution in [2.24, 2.45) is 0 Å². The van der Waals surface area contributed by atoms with Gasteiger partial charge in [0.2, 0.25) is 0 Å². The molecule has 31 heavy (non-hydrogen) atoms. The third kappa shape index (κ3) is 4.83. The van der Waals surface area contributed by atoms with Gasteiger partial charge in [-0.05, 0) is 49.2 Å². The predicted octanol–water partition coefficient (Wildman–Crippen LogP) is 4.76. The van der Waals surface area contributed by atoms with Gasteiger partial charge in [-0.25, -0.2) is 9.07 Å². The first-order chi connectivity index (χ1) is 15.0. The first-order valence-corrected chi connectivity index (χ1v) is 10.3. The Morgan fingerprint density at radius 1 is 1.16 bits per heavy atom. The summed E-state index contributed by atoms with van der Waals surface area (Å²) in [7, 11) is 1.75. The molecule has 2 aromatic heterocycles. The zero-order valence-corrected chi connectivity index (χ0v) is 17.7. The van der Waals surface area contributed by atoms with Gasteiger partial charge in [0, 0.05) is 31.0 Å². The third-order valence-corrected chi connectivity index (χ3v) is 5.26. The molecule has 2 aromatic carbocycles. The van der Waals surface area contributed by atoms with Gasteiger partial charge in [0.15, 0.2) is 5.69 Å². The van der Waals surface area contributed by atoms with Gasteiger partial charge in [-0.3, -0.25) is 9.89 Å². The molecule has 6 nitrogen and oxygen atoms in total. The maximum absolute atomic E-state index is 13.4. The molecular weight excluding hydrogens is 417 g/mol. The number of rotatable bonds is 7. The molecule has 0 atom stereocenters. The van der Waals surface area contributed by atoms with E-state index in [1.807, 2.05) is 30.3 Å². The average molecular weight is 438 g/mol. The number of aromatic amines is 1. The number of aromatic nitrogens is 4. The lowest BCUT2D eigenvalue weighted by Crippen LogP contribution is -2.28. The Balaban J connectivity index is 1.33. The van der Waals surface area contributed by atoms with Crippen molar-refractivity contribution < 1.29 is 9.18 Å². The largest absolute Gasteiger partial charge is 0.340 e. The fourth-order valence-corrected chi connectivity index (χ4v) is 3.52.